The fraction of sp³-hybridized carbons (Fsp3) is 0.533. The van der Waals surface area contributed by atoms with E-state index >= 15 is 0 Å². The summed E-state index contributed by atoms with van der Waals surface area (Å²) in [7, 11) is 1.75. The Morgan fingerprint density at radius 1 is 1.24 bits per heavy atom. The molecule has 0 amide bonds. The maximum Gasteiger partial charge on any atom is 0.180 e. The molecular formula is C15H21N5O. The lowest BCUT2D eigenvalue weighted by Gasteiger charge is -2.40. The van der Waals surface area contributed by atoms with Crippen LogP contribution in [0.5, 0.6) is 0 Å². The van der Waals surface area contributed by atoms with E-state index < -0.39 is 0 Å². The van der Waals surface area contributed by atoms with Crippen LogP contribution in [0.3, 0.4) is 0 Å². The van der Waals surface area contributed by atoms with Crippen molar-refractivity contribution in [1.82, 2.24) is 19.9 Å². The number of pyridine rings is 1. The molecule has 6 nitrogen and oxygen atoms in total. The summed E-state index contributed by atoms with van der Waals surface area (Å²) >= 11 is 0. The first-order chi connectivity index (χ1) is 10.3. The molecule has 6 heteroatoms. The van der Waals surface area contributed by atoms with E-state index in [9.17, 15) is 0 Å². The van der Waals surface area contributed by atoms with Crippen LogP contribution in [0.15, 0.2) is 24.5 Å². The summed E-state index contributed by atoms with van der Waals surface area (Å²) in [6.45, 7) is 7.01. The fourth-order valence-electron chi connectivity index (χ4n) is 2.76. The second kappa shape index (κ2) is 6.32. The number of aromatic nitrogens is 3. The highest BCUT2D eigenvalue weighted by Crippen LogP contribution is 2.19. The van der Waals surface area contributed by atoms with Gasteiger partial charge in [-0.25, -0.2) is 9.97 Å². The van der Waals surface area contributed by atoms with Crippen molar-refractivity contribution in [3.63, 3.8) is 0 Å². The standard InChI is InChI=1S/C15H21N5O/c1-12-11-20(8-7-19(12)9-10-21-2)14-4-3-13-15(18-14)17-6-5-16-13/h3-6,12H,7-11H2,1-2H3. The molecule has 0 aromatic carbocycles. The minimum absolute atomic E-state index is 0.494. The Morgan fingerprint density at radius 3 is 2.90 bits per heavy atom. The minimum Gasteiger partial charge on any atom is -0.383 e. The number of hydrogen-bond donors (Lipinski definition) is 0. The molecular weight excluding hydrogens is 266 g/mol. The van der Waals surface area contributed by atoms with E-state index in [1.165, 1.54) is 0 Å². The summed E-state index contributed by atoms with van der Waals surface area (Å²) in [5.41, 5.74) is 1.55. The van der Waals surface area contributed by atoms with Gasteiger partial charge in [-0.3, -0.25) is 9.88 Å². The molecule has 1 saturated heterocycles. The van der Waals surface area contributed by atoms with E-state index in [1.807, 2.05) is 12.1 Å². The Bertz CT molecular complexity index is 605. The van der Waals surface area contributed by atoms with Crippen LogP contribution in [-0.4, -0.2) is 65.8 Å². The van der Waals surface area contributed by atoms with Crippen molar-refractivity contribution >= 4 is 17.0 Å². The van der Waals surface area contributed by atoms with Crippen molar-refractivity contribution in [1.29, 1.82) is 0 Å². The number of hydrogen-bond acceptors (Lipinski definition) is 6. The number of piperazine rings is 1. The maximum atomic E-state index is 5.17. The van der Waals surface area contributed by atoms with Gasteiger partial charge in [0.1, 0.15) is 11.3 Å². The Labute approximate surface area is 124 Å². The van der Waals surface area contributed by atoms with Crippen molar-refractivity contribution in [3.8, 4) is 0 Å². The zero-order valence-electron chi connectivity index (χ0n) is 12.6. The number of methoxy groups -OCH3 is 1. The summed E-state index contributed by atoms with van der Waals surface area (Å²) in [4.78, 5) is 18.0. The lowest BCUT2D eigenvalue weighted by Crippen LogP contribution is -2.52. The lowest BCUT2D eigenvalue weighted by molar-refractivity contribution is 0.117. The maximum absolute atomic E-state index is 5.17. The molecule has 1 aliphatic rings. The van der Waals surface area contributed by atoms with Gasteiger partial charge in [-0.15, -0.1) is 0 Å². The third-order valence-electron chi connectivity index (χ3n) is 3.99. The fourth-order valence-corrected chi connectivity index (χ4v) is 2.76. The van der Waals surface area contributed by atoms with Crippen LogP contribution in [0.4, 0.5) is 5.82 Å². The molecule has 21 heavy (non-hydrogen) atoms. The highest BCUT2D eigenvalue weighted by atomic mass is 16.5. The second-order valence-corrected chi connectivity index (χ2v) is 5.39. The minimum atomic E-state index is 0.494. The largest absolute Gasteiger partial charge is 0.383 e. The first kappa shape index (κ1) is 14.2. The normalized spacial score (nSPS) is 20.1. The number of ether oxygens (including phenoxy) is 1. The van der Waals surface area contributed by atoms with Gasteiger partial charge in [-0.05, 0) is 19.1 Å². The van der Waals surface area contributed by atoms with E-state index in [2.05, 4.69) is 31.7 Å². The molecule has 0 spiro atoms. The first-order valence-corrected chi connectivity index (χ1v) is 7.33. The molecule has 112 valence electrons. The zero-order valence-corrected chi connectivity index (χ0v) is 12.6. The monoisotopic (exact) mass is 287 g/mol. The van der Waals surface area contributed by atoms with Crippen LogP contribution < -0.4 is 4.90 Å². The molecule has 3 heterocycles. The molecule has 1 fully saturated rings. The molecule has 1 unspecified atom stereocenters. The van der Waals surface area contributed by atoms with Crippen molar-refractivity contribution in [2.45, 2.75) is 13.0 Å². The highest BCUT2D eigenvalue weighted by Gasteiger charge is 2.24. The Hall–Kier alpha value is -1.79. The van der Waals surface area contributed by atoms with Gasteiger partial charge < -0.3 is 9.64 Å². The molecule has 2 aromatic heterocycles. The average Bonchev–Trinajstić information content (AvgIpc) is 2.53. The summed E-state index contributed by atoms with van der Waals surface area (Å²) in [5.74, 6) is 0.987. The number of anilines is 1. The second-order valence-electron chi connectivity index (χ2n) is 5.39. The van der Waals surface area contributed by atoms with E-state index in [1.54, 1.807) is 19.5 Å². The van der Waals surface area contributed by atoms with Crippen LogP contribution in [-0.2, 0) is 4.74 Å². The molecule has 0 radical (unpaired) electrons. The predicted octanol–water partition coefficient (Wildman–Crippen LogP) is 1.18. The smallest absolute Gasteiger partial charge is 0.180 e. The Morgan fingerprint density at radius 2 is 2.10 bits per heavy atom. The van der Waals surface area contributed by atoms with Crippen molar-refractivity contribution < 1.29 is 4.74 Å². The van der Waals surface area contributed by atoms with Gasteiger partial charge in [-0.2, -0.15) is 0 Å². The summed E-state index contributed by atoms with van der Waals surface area (Å²) in [6.07, 6.45) is 3.38. The Balaban J connectivity index is 1.72. The van der Waals surface area contributed by atoms with Crippen LogP contribution in [0, 0.1) is 0 Å². The lowest BCUT2D eigenvalue weighted by atomic mass is 10.2. The predicted molar refractivity (Wildman–Crippen MR) is 82.5 cm³/mol. The number of rotatable bonds is 4. The molecule has 3 rings (SSSR count). The van der Waals surface area contributed by atoms with E-state index in [4.69, 9.17) is 4.74 Å². The Kier molecular flexibility index (Phi) is 4.26. The first-order valence-electron chi connectivity index (χ1n) is 7.33. The molecule has 0 bridgehead atoms. The number of nitrogens with zero attached hydrogens (tertiary/aromatic N) is 5. The van der Waals surface area contributed by atoms with E-state index in [0.29, 0.717) is 11.7 Å². The quantitative estimate of drug-likeness (QED) is 0.842. The van der Waals surface area contributed by atoms with Gasteiger partial charge >= 0.3 is 0 Å². The van der Waals surface area contributed by atoms with Crippen molar-refractivity contribution in [3.05, 3.63) is 24.5 Å². The third-order valence-corrected chi connectivity index (χ3v) is 3.99. The van der Waals surface area contributed by atoms with Gasteiger partial charge in [0.15, 0.2) is 5.65 Å². The van der Waals surface area contributed by atoms with Crippen LogP contribution in [0.1, 0.15) is 6.92 Å². The van der Waals surface area contributed by atoms with Gasteiger partial charge in [0, 0.05) is 51.7 Å². The highest BCUT2D eigenvalue weighted by molar-refractivity contribution is 5.71. The molecule has 2 aromatic rings. The SMILES string of the molecule is COCCN1CCN(c2ccc3nccnc3n2)CC1C. The summed E-state index contributed by atoms with van der Waals surface area (Å²) in [6, 6.07) is 4.52. The van der Waals surface area contributed by atoms with Crippen LogP contribution in [0.2, 0.25) is 0 Å². The van der Waals surface area contributed by atoms with Crippen molar-refractivity contribution in [2.24, 2.45) is 0 Å². The van der Waals surface area contributed by atoms with Crippen LogP contribution in [0.25, 0.3) is 11.2 Å². The van der Waals surface area contributed by atoms with Gasteiger partial charge in [0.2, 0.25) is 0 Å². The molecule has 0 N–H and O–H groups in total. The number of fused-ring (bicyclic) bond motifs is 1. The summed E-state index contributed by atoms with van der Waals surface area (Å²) in [5, 5.41) is 0. The van der Waals surface area contributed by atoms with Crippen molar-refractivity contribution in [2.75, 3.05) is 44.8 Å². The van der Waals surface area contributed by atoms with Gasteiger partial charge in [0.05, 0.1) is 6.61 Å². The molecule has 1 aliphatic heterocycles. The van der Waals surface area contributed by atoms with E-state index in [0.717, 1.165) is 44.1 Å². The molecule has 0 saturated carbocycles. The average molecular weight is 287 g/mol. The summed E-state index contributed by atoms with van der Waals surface area (Å²) < 4.78 is 5.17. The topological polar surface area (TPSA) is 54.4 Å². The molecule has 1 atom stereocenters. The van der Waals surface area contributed by atoms with Crippen LogP contribution >= 0.6 is 0 Å². The van der Waals surface area contributed by atoms with Gasteiger partial charge in [0.25, 0.3) is 0 Å². The van der Waals surface area contributed by atoms with Gasteiger partial charge in [-0.1, -0.05) is 0 Å². The molecule has 0 aliphatic carbocycles. The van der Waals surface area contributed by atoms with E-state index in [-0.39, 0.29) is 0 Å². The zero-order chi connectivity index (χ0) is 14.7. The third kappa shape index (κ3) is 3.11.